The predicted molar refractivity (Wildman–Crippen MR) is 84.8 cm³/mol. The molecule has 0 bridgehead atoms. The quantitative estimate of drug-likeness (QED) is 0.871. The first kappa shape index (κ1) is 15.0. The van der Waals surface area contributed by atoms with Crippen LogP contribution in [0.5, 0.6) is 5.75 Å². The molecule has 2 rings (SSSR count). The highest BCUT2D eigenvalue weighted by molar-refractivity contribution is 9.10. The summed E-state index contributed by atoms with van der Waals surface area (Å²) in [6.07, 6.45) is 1.88. The molecule has 0 atom stereocenters. The van der Waals surface area contributed by atoms with E-state index in [1.165, 1.54) is 0 Å². The van der Waals surface area contributed by atoms with Gasteiger partial charge in [-0.1, -0.05) is 41.1 Å². The van der Waals surface area contributed by atoms with Crippen molar-refractivity contribution >= 4 is 15.9 Å². The topological polar surface area (TPSA) is 34.2 Å². The number of pyridine rings is 1. The van der Waals surface area contributed by atoms with Gasteiger partial charge >= 0.3 is 0 Å². The monoisotopic (exact) mass is 334 g/mol. The maximum atomic E-state index is 5.97. The summed E-state index contributed by atoms with van der Waals surface area (Å²) in [6, 6.07) is 10.1. The second-order valence-corrected chi connectivity index (χ2v) is 5.45. The molecule has 1 aromatic carbocycles. The van der Waals surface area contributed by atoms with Gasteiger partial charge in [0.2, 0.25) is 0 Å². The molecule has 0 aliphatic rings. The Morgan fingerprint density at radius 1 is 1.25 bits per heavy atom. The summed E-state index contributed by atoms with van der Waals surface area (Å²) in [6.45, 7) is 6.31. The van der Waals surface area contributed by atoms with Gasteiger partial charge in [0, 0.05) is 40.1 Å². The Hall–Kier alpha value is -1.39. The molecule has 0 unspecified atom stereocenters. The zero-order valence-electron chi connectivity index (χ0n) is 11.8. The van der Waals surface area contributed by atoms with Gasteiger partial charge in [-0.2, -0.15) is 0 Å². The molecule has 0 radical (unpaired) electrons. The SMILES string of the molecule is CCNCc1cnc(C)cc1OCc1ccccc1Br. The van der Waals surface area contributed by atoms with Gasteiger partial charge in [0.25, 0.3) is 0 Å². The fraction of sp³-hybridized carbons (Fsp3) is 0.312. The molecule has 0 aliphatic carbocycles. The van der Waals surface area contributed by atoms with E-state index in [0.29, 0.717) is 6.61 Å². The van der Waals surface area contributed by atoms with Gasteiger partial charge in [0.1, 0.15) is 12.4 Å². The number of nitrogens with zero attached hydrogens (tertiary/aromatic N) is 1. The zero-order chi connectivity index (χ0) is 14.4. The van der Waals surface area contributed by atoms with Crippen LogP contribution in [-0.2, 0) is 13.2 Å². The van der Waals surface area contributed by atoms with Crippen molar-refractivity contribution in [3.05, 3.63) is 57.8 Å². The molecular weight excluding hydrogens is 316 g/mol. The Balaban J connectivity index is 2.11. The number of hydrogen-bond acceptors (Lipinski definition) is 3. The second-order valence-electron chi connectivity index (χ2n) is 4.59. The van der Waals surface area contributed by atoms with E-state index >= 15 is 0 Å². The van der Waals surface area contributed by atoms with E-state index in [1.54, 1.807) is 0 Å². The van der Waals surface area contributed by atoms with Crippen LogP contribution in [0.2, 0.25) is 0 Å². The molecule has 3 nitrogen and oxygen atoms in total. The number of hydrogen-bond donors (Lipinski definition) is 1. The highest BCUT2D eigenvalue weighted by atomic mass is 79.9. The summed E-state index contributed by atoms with van der Waals surface area (Å²) in [5.41, 5.74) is 3.19. The first-order valence-electron chi connectivity index (χ1n) is 6.73. The van der Waals surface area contributed by atoms with Crippen molar-refractivity contribution in [2.75, 3.05) is 6.54 Å². The smallest absolute Gasteiger partial charge is 0.127 e. The van der Waals surface area contributed by atoms with Crippen molar-refractivity contribution < 1.29 is 4.74 Å². The summed E-state index contributed by atoms with van der Waals surface area (Å²) < 4.78 is 7.04. The van der Waals surface area contributed by atoms with Crippen molar-refractivity contribution in [3.63, 3.8) is 0 Å². The fourth-order valence-corrected chi connectivity index (χ4v) is 2.26. The normalized spacial score (nSPS) is 10.6. The Kier molecular flexibility index (Phi) is 5.56. The molecule has 2 aromatic rings. The van der Waals surface area contributed by atoms with Crippen LogP contribution < -0.4 is 10.1 Å². The van der Waals surface area contributed by atoms with E-state index in [1.807, 2.05) is 37.4 Å². The van der Waals surface area contributed by atoms with Gasteiger partial charge < -0.3 is 10.1 Å². The third-order valence-electron chi connectivity index (χ3n) is 2.99. The van der Waals surface area contributed by atoms with E-state index in [2.05, 4.69) is 39.2 Å². The van der Waals surface area contributed by atoms with E-state index in [9.17, 15) is 0 Å². The molecular formula is C16H19BrN2O. The summed E-state index contributed by atoms with van der Waals surface area (Å²) in [5.74, 6) is 0.897. The Morgan fingerprint density at radius 3 is 2.80 bits per heavy atom. The lowest BCUT2D eigenvalue weighted by atomic mass is 10.2. The van der Waals surface area contributed by atoms with Gasteiger partial charge in [-0.25, -0.2) is 0 Å². The summed E-state index contributed by atoms with van der Waals surface area (Å²) >= 11 is 3.54. The van der Waals surface area contributed by atoms with Crippen LogP contribution in [0, 0.1) is 6.92 Å². The lowest BCUT2D eigenvalue weighted by Gasteiger charge is -2.13. The highest BCUT2D eigenvalue weighted by Crippen LogP contribution is 2.22. The number of benzene rings is 1. The van der Waals surface area contributed by atoms with Crippen LogP contribution in [0.4, 0.5) is 0 Å². The standard InChI is InChI=1S/C16H19BrN2O/c1-3-18-9-14-10-19-12(2)8-16(14)20-11-13-6-4-5-7-15(13)17/h4-8,10,18H,3,9,11H2,1-2H3. The highest BCUT2D eigenvalue weighted by Gasteiger charge is 2.06. The average molecular weight is 335 g/mol. The third kappa shape index (κ3) is 4.05. The third-order valence-corrected chi connectivity index (χ3v) is 3.76. The Bertz CT molecular complexity index is 572. The summed E-state index contributed by atoms with van der Waals surface area (Å²) in [4.78, 5) is 4.34. The molecule has 20 heavy (non-hydrogen) atoms. The maximum Gasteiger partial charge on any atom is 0.127 e. The number of aromatic nitrogens is 1. The van der Waals surface area contributed by atoms with Crippen LogP contribution >= 0.6 is 15.9 Å². The largest absolute Gasteiger partial charge is 0.488 e. The average Bonchev–Trinajstić information content (AvgIpc) is 2.45. The van der Waals surface area contributed by atoms with Crippen LogP contribution in [0.3, 0.4) is 0 Å². The van der Waals surface area contributed by atoms with Gasteiger partial charge in [0.15, 0.2) is 0 Å². The molecule has 0 spiro atoms. The minimum Gasteiger partial charge on any atom is -0.488 e. The number of ether oxygens (including phenoxy) is 1. The second kappa shape index (κ2) is 7.41. The maximum absolute atomic E-state index is 5.97. The van der Waals surface area contributed by atoms with Gasteiger partial charge in [-0.05, 0) is 19.5 Å². The van der Waals surface area contributed by atoms with Gasteiger partial charge in [-0.15, -0.1) is 0 Å². The molecule has 4 heteroatoms. The van der Waals surface area contributed by atoms with Gasteiger partial charge in [0.05, 0.1) is 0 Å². The minimum atomic E-state index is 0.546. The number of nitrogens with one attached hydrogen (secondary N) is 1. The molecule has 1 aromatic heterocycles. The molecule has 0 saturated heterocycles. The fourth-order valence-electron chi connectivity index (χ4n) is 1.86. The van der Waals surface area contributed by atoms with E-state index in [-0.39, 0.29) is 0 Å². The zero-order valence-corrected chi connectivity index (χ0v) is 13.4. The van der Waals surface area contributed by atoms with Crippen LogP contribution in [0.15, 0.2) is 41.0 Å². The molecule has 0 fully saturated rings. The molecule has 1 heterocycles. The lowest BCUT2D eigenvalue weighted by molar-refractivity contribution is 0.301. The van der Waals surface area contributed by atoms with Gasteiger partial charge in [-0.3, -0.25) is 4.98 Å². The van der Waals surface area contributed by atoms with E-state index < -0.39 is 0 Å². The Morgan fingerprint density at radius 2 is 2.05 bits per heavy atom. The molecule has 106 valence electrons. The lowest BCUT2D eigenvalue weighted by Crippen LogP contribution is -2.13. The van der Waals surface area contributed by atoms with Crippen LogP contribution in [0.25, 0.3) is 0 Å². The van der Waals surface area contributed by atoms with Crippen molar-refractivity contribution in [2.45, 2.75) is 27.0 Å². The molecule has 0 saturated carbocycles. The van der Waals surface area contributed by atoms with Crippen molar-refractivity contribution in [3.8, 4) is 5.75 Å². The number of aryl methyl sites for hydroxylation is 1. The summed E-state index contributed by atoms with van der Waals surface area (Å²) in [5, 5.41) is 3.30. The van der Waals surface area contributed by atoms with Crippen LogP contribution in [-0.4, -0.2) is 11.5 Å². The van der Waals surface area contributed by atoms with Crippen molar-refractivity contribution in [1.82, 2.24) is 10.3 Å². The molecule has 0 amide bonds. The van der Waals surface area contributed by atoms with E-state index in [4.69, 9.17) is 4.74 Å². The molecule has 0 aliphatic heterocycles. The Labute approximate surface area is 128 Å². The van der Waals surface area contributed by atoms with Crippen LogP contribution in [0.1, 0.15) is 23.7 Å². The predicted octanol–water partition coefficient (Wildman–Crippen LogP) is 3.84. The summed E-state index contributed by atoms with van der Waals surface area (Å²) in [7, 11) is 0. The number of halogens is 1. The molecule has 1 N–H and O–H groups in total. The first-order valence-corrected chi connectivity index (χ1v) is 7.52. The number of rotatable bonds is 6. The van der Waals surface area contributed by atoms with Crippen molar-refractivity contribution in [1.29, 1.82) is 0 Å². The first-order chi connectivity index (χ1) is 9.70. The minimum absolute atomic E-state index is 0.546. The van der Waals surface area contributed by atoms with E-state index in [0.717, 1.165) is 40.1 Å². The van der Waals surface area contributed by atoms with Crippen molar-refractivity contribution in [2.24, 2.45) is 0 Å².